The van der Waals surface area contributed by atoms with Crippen LogP contribution in [-0.2, 0) is 9.53 Å². The maximum Gasteiger partial charge on any atom is 0.323 e. The van der Waals surface area contributed by atoms with Crippen LogP contribution in [0, 0.1) is 0 Å². The predicted molar refractivity (Wildman–Crippen MR) is 46.6 cm³/mol. The van der Waals surface area contributed by atoms with Gasteiger partial charge in [-0.1, -0.05) is 0 Å². The van der Waals surface area contributed by atoms with Gasteiger partial charge in [0.15, 0.2) is 0 Å². The van der Waals surface area contributed by atoms with Crippen LogP contribution in [0.1, 0.15) is 39.5 Å². The molecule has 1 saturated carbocycles. The first-order valence-corrected chi connectivity index (χ1v) is 4.52. The van der Waals surface area contributed by atoms with Gasteiger partial charge in [-0.3, -0.25) is 4.79 Å². The largest absolute Gasteiger partial charge is 0.458 e. The average molecular weight is 171 g/mol. The van der Waals surface area contributed by atoms with Gasteiger partial charge in [-0.2, -0.15) is 0 Å². The van der Waals surface area contributed by atoms with Crippen LogP contribution in [0.2, 0.25) is 0 Å². The third kappa shape index (κ3) is 2.21. The van der Waals surface area contributed by atoms with Crippen LogP contribution in [0.4, 0.5) is 0 Å². The fourth-order valence-corrected chi connectivity index (χ4v) is 1.56. The standard InChI is InChI=1S/C9H17NO2/c1-7(10)8(11)12-9(2)5-3-4-6-9/h7H,3-6,10H2,1-2H3/t7-/m1/s1. The fourth-order valence-electron chi connectivity index (χ4n) is 1.56. The molecule has 0 amide bonds. The summed E-state index contributed by atoms with van der Waals surface area (Å²) in [4.78, 5) is 11.2. The highest BCUT2D eigenvalue weighted by Crippen LogP contribution is 2.32. The summed E-state index contributed by atoms with van der Waals surface area (Å²) in [6.45, 7) is 3.64. The van der Waals surface area contributed by atoms with Gasteiger partial charge in [-0.25, -0.2) is 0 Å². The van der Waals surface area contributed by atoms with Crippen molar-refractivity contribution in [2.75, 3.05) is 0 Å². The highest BCUT2D eigenvalue weighted by Gasteiger charge is 2.33. The Kier molecular flexibility index (Phi) is 2.73. The number of rotatable bonds is 2. The molecule has 1 rings (SSSR count). The summed E-state index contributed by atoms with van der Waals surface area (Å²) in [5.41, 5.74) is 5.17. The van der Waals surface area contributed by atoms with Crippen LogP contribution < -0.4 is 5.73 Å². The summed E-state index contributed by atoms with van der Waals surface area (Å²) in [7, 11) is 0. The van der Waals surface area contributed by atoms with E-state index in [2.05, 4.69) is 0 Å². The van der Waals surface area contributed by atoms with Crippen LogP contribution >= 0.6 is 0 Å². The van der Waals surface area contributed by atoms with E-state index in [4.69, 9.17) is 10.5 Å². The molecule has 0 saturated heterocycles. The quantitative estimate of drug-likeness (QED) is 0.635. The molecule has 0 unspecified atom stereocenters. The summed E-state index contributed by atoms with van der Waals surface area (Å²) in [5.74, 6) is -0.278. The van der Waals surface area contributed by atoms with Crippen molar-refractivity contribution in [2.24, 2.45) is 5.73 Å². The molecule has 70 valence electrons. The van der Waals surface area contributed by atoms with Crippen molar-refractivity contribution in [1.82, 2.24) is 0 Å². The highest BCUT2D eigenvalue weighted by molar-refractivity contribution is 5.75. The molecule has 3 nitrogen and oxygen atoms in total. The van der Waals surface area contributed by atoms with Crippen LogP contribution in [0.15, 0.2) is 0 Å². The summed E-state index contributed by atoms with van der Waals surface area (Å²) in [6, 6.07) is -0.498. The third-order valence-electron chi connectivity index (χ3n) is 2.38. The first-order chi connectivity index (χ1) is 5.53. The lowest BCUT2D eigenvalue weighted by molar-refractivity contribution is -0.158. The first-order valence-electron chi connectivity index (χ1n) is 4.52. The third-order valence-corrected chi connectivity index (χ3v) is 2.38. The molecule has 1 fully saturated rings. The number of carbonyl (C=O) groups is 1. The van der Waals surface area contributed by atoms with E-state index < -0.39 is 6.04 Å². The van der Waals surface area contributed by atoms with E-state index in [1.54, 1.807) is 6.92 Å². The Labute approximate surface area is 73.3 Å². The first kappa shape index (κ1) is 9.52. The van der Waals surface area contributed by atoms with E-state index in [1.165, 1.54) is 0 Å². The number of hydrogen-bond donors (Lipinski definition) is 1. The summed E-state index contributed by atoms with van der Waals surface area (Å²) in [6.07, 6.45) is 4.27. The van der Waals surface area contributed by atoms with Crippen molar-refractivity contribution in [3.63, 3.8) is 0 Å². The van der Waals surface area contributed by atoms with Gasteiger partial charge in [-0.05, 0) is 39.5 Å². The number of ether oxygens (including phenoxy) is 1. The number of nitrogens with two attached hydrogens (primary N) is 1. The molecule has 0 heterocycles. The van der Waals surface area contributed by atoms with Crippen LogP contribution in [0.5, 0.6) is 0 Å². The van der Waals surface area contributed by atoms with Crippen LogP contribution in [-0.4, -0.2) is 17.6 Å². The second-order valence-corrected chi connectivity index (χ2v) is 3.87. The van der Waals surface area contributed by atoms with Crippen molar-refractivity contribution in [3.8, 4) is 0 Å². The molecule has 1 atom stereocenters. The molecule has 0 aromatic carbocycles. The van der Waals surface area contributed by atoms with Gasteiger partial charge in [0.2, 0.25) is 0 Å². The fraction of sp³-hybridized carbons (Fsp3) is 0.889. The Morgan fingerprint density at radius 3 is 2.42 bits per heavy atom. The van der Waals surface area contributed by atoms with Crippen molar-refractivity contribution in [1.29, 1.82) is 0 Å². The van der Waals surface area contributed by atoms with Gasteiger partial charge >= 0.3 is 5.97 Å². The normalized spacial score (nSPS) is 23.6. The Balaban J connectivity index is 2.44. The minimum atomic E-state index is -0.498. The molecule has 1 aliphatic carbocycles. The Morgan fingerprint density at radius 1 is 1.50 bits per heavy atom. The Bertz CT molecular complexity index is 171. The summed E-state index contributed by atoms with van der Waals surface area (Å²) in [5, 5.41) is 0. The SMILES string of the molecule is C[C@@H](N)C(=O)OC1(C)CCCC1. The number of esters is 1. The van der Waals surface area contributed by atoms with Crippen molar-refractivity contribution >= 4 is 5.97 Å². The molecule has 0 bridgehead atoms. The molecule has 2 N–H and O–H groups in total. The molecule has 0 aromatic rings. The smallest absolute Gasteiger partial charge is 0.323 e. The van der Waals surface area contributed by atoms with Gasteiger partial charge < -0.3 is 10.5 Å². The molecule has 3 heteroatoms. The van der Waals surface area contributed by atoms with E-state index in [0.717, 1.165) is 25.7 Å². The summed E-state index contributed by atoms with van der Waals surface area (Å²) < 4.78 is 5.30. The van der Waals surface area contributed by atoms with E-state index in [9.17, 15) is 4.79 Å². The van der Waals surface area contributed by atoms with E-state index in [0.29, 0.717) is 0 Å². The molecule has 0 aliphatic heterocycles. The monoisotopic (exact) mass is 171 g/mol. The Morgan fingerprint density at radius 2 is 2.00 bits per heavy atom. The maximum atomic E-state index is 11.2. The average Bonchev–Trinajstić information content (AvgIpc) is 2.35. The van der Waals surface area contributed by atoms with Gasteiger partial charge in [-0.15, -0.1) is 0 Å². The van der Waals surface area contributed by atoms with Gasteiger partial charge in [0.05, 0.1) is 0 Å². The second kappa shape index (κ2) is 3.44. The lowest BCUT2D eigenvalue weighted by atomic mass is 10.1. The zero-order valence-electron chi connectivity index (χ0n) is 7.80. The van der Waals surface area contributed by atoms with Crippen LogP contribution in [0.3, 0.4) is 0 Å². The highest BCUT2D eigenvalue weighted by atomic mass is 16.6. The molecule has 0 radical (unpaired) electrons. The predicted octanol–water partition coefficient (Wildman–Crippen LogP) is 1.21. The van der Waals surface area contributed by atoms with Crippen molar-refractivity contribution < 1.29 is 9.53 Å². The topological polar surface area (TPSA) is 52.3 Å². The second-order valence-electron chi connectivity index (χ2n) is 3.87. The molecule has 12 heavy (non-hydrogen) atoms. The molecular formula is C9H17NO2. The van der Waals surface area contributed by atoms with Crippen molar-refractivity contribution in [3.05, 3.63) is 0 Å². The lowest BCUT2D eigenvalue weighted by Crippen LogP contribution is -2.36. The molecule has 0 aromatic heterocycles. The number of hydrogen-bond acceptors (Lipinski definition) is 3. The molecule has 0 spiro atoms. The number of carbonyl (C=O) groups excluding carboxylic acids is 1. The minimum Gasteiger partial charge on any atom is -0.458 e. The maximum absolute atomic E-state index is 11.2. The molecular weight excluding hydrogens is 154 g/mol. The van der Waals surface area contributed by atoms with E-state index in [-0.39, 0.29) is 11.6 Å². The van der Waals surface area contributed by atoms with Gasteiger partial charge in [0.25, 0.3) is 0 Å². The van der Waals surface area contributed by atoms with E-state index in [1.807, 2.05) is 6.92 Å². The zero-order chi connectivity index (χ0) is 9.19. The molecule has 1 aliphatic rings. The van der Waals surface area contributed by atoms with Gasteiger partial charge in [0.1, 0.15) is 11.6 Å². The van der Waals surface area contributed by atoms with Crippen LogP contribution in [0.25, 0.3) is 0 Å². The lowest BCUT2D eigenvalue weighted by Gasteiger charge is -2.24. The van der Waals surface area contributed by atoms with E-state index >= 15 is 0 Å². The Hall–Kier alpha value is -0.570. The zero-order valence-corrected chi connectivity index (χ0v) is 7.80. The summed E-state index contributed by atoms with van der Waals surface area (Å²) >= 11 is 0. The van der Waals surface area contributed by atoms with Gasteiger partial charge in [0, 0.05) is 0 Å². The van der Waals surface area contributed by atoms with Crippen molar-refractivity contribution in [2.45, 2.75) is 51.2 Å². The minimum absolute atomic E-state index is 0.231.